The minimum Gasteiger partial charge on any atom is -0.194 e. The fourth-order valence-electron chi connectivity index (χ4n) is 8.30. The predicted molar refractivity (Wildman–Crippen MR) is 232 cm³/mol. The molecule has 0 saturated heterocycles. The van der Waals surface area contributed by atoms with E-state index in [4.69, 9.17) is 5.26 Å². The number of para-hydroxylation sites is 1. The fourth-order valence-corrected chi connectivity index (χ4v) is 9.38. The zero-order valence-corrected chi connectivity index (χ0v) is 38.3. The molecule has 0 bridgehead atoms. The summed E-state index contributed by atoms with van der Waals surface area (Å²) < 4.78 is 344. The van der Waals surface area contributed by atoms with Crippen LogP contribution in [0.1, 0.15) is 55.1 Å². The normalized spacial score (nSPS) is 13.3. The zero-order chi connectivity index (χ0) is 57.9. The van der Waals surface area contributed by atoms with Crippen molar-refractivity contribution in [1.29, 1.82) is 5.26 Å². The van der Waals surface area contributed by atoms with Crippen molar-refractivity contribution in [3.8, 4) is 6.07 Å². The van der Waals surface area contributed by atoms with Gasteiger partial charge >= 0.3 is 49.4 Å². The molecule has 0 aliphatic rings. The lowest BCUT2D eigenvalue weighted by Gasteiger charge is -2.46. The molecule has 0 saturated carbocycles. The van der Waals surface area contributed by atoms with Gasteiger partial charge in [-0.1, -0.05) is 109 Å². The average Bonchev–Trinajstić information content (AvgIpc) is 3.67. The Labute approximate surface area is 420 Å². The van der Waals surface area contributed by atoms with Gasteiger partial charge in [-0.05, 0) is 30.3 Å². The van der Waals surface area contributed by atoms with Gasteiger partial charge in [0.1, 0.15) is 22.5 Å². The Morgan fingerprint density at radius 2 is 0.662 bits per heavy atom. The fraction of sp³-hybridized carbons (Fsp3) is 0.184. The van der Waals surface area contributed by atoms with Crippen LogP contribution in [0.15, 0.2) is 134 Å². The Bertz CT molecular complexity index is 2930. The molecule has 0 unspecified atom stereocenters. The van der Waals surface area contributed by atoms with Gasteiger partial charge in [-0.2, -0.15) is 137 Å². The lowest BCUT2D eigenvalue weighted by Crippen LogP contribution is -2.75. The molecule has 0 atom stereocenters. The lowest BCUT2D eigenvalue weighted by atomic mass is 9.12. The monoisotopic (exact) mass is 1140 g/mol. The Hall–Kier alpha value is -7.18. The highest BCUT2D eigenvalue weighted by Crippen LogP contribution is 2.41. The average molecular weight is 1140 g/mol. The largest absolute Gasteiger partial charge is 0.416 e. The van der Waals surface area contributed by atoms with Crippen LogP contribution in [-0.2, 0) is 56.0 Å². The molecule has 6 aromatic carbocycles. The van der Waals surface area contributed by atoms with Crippen LogP contribution in [-0.4, -0.2) is 6.15 Å². The Morgan fingerprint density at radius 3 is 0.922 bits per heavy atom. The maximum atomic E-state index is 14.2. The van der Waals surface area contributed by atoms with E-state index in [2.05, 4.69) is 41.5 Å². The van der Waals surface area contributed by atoms with Crippen LogP contribution in [0.25, 0.3) is 15.8 Å². The predicted octanol–water partition coefficient (Wildman–Crippen LogP) is 15.0. The third kappa shape index (κ3) is 13.0. The summed E-state index contributed by atoms with van der Waals surface area (Å²) in [6.07, 6.45) is -54.8. The van der Waals surface area contributed by atoms with Crippen molar-refractivity contribution in [3.05, 3.63) is 189 Å². The van der Waals surface area contributed by atoms with E-state index >= 15 is 0 Å². The Kier molecular flexibility index (Phi) is 15.6. The molecule has 0 aliphatic heterocycles. The Balaban J connectivity index is 0.000000397. The van der Waals surface area contributed by atoms with Crippen LogP contribution in [0.4, 0.5) is 105 Å². The van der Waals surface area contributed by atoms with Crippen molar-refractivity contribution >= 4 is 55.1 Å². The lowest BCUT2D eigenvalue weighted by molar-refractivity contribution is -0.660. The molecule has 408 valence electrons. The third-order valence-corrected chi connectivity index (χ3v) is 12.8. The van der Waals surface area contributed by atoms with Gasteiger partial charge in [0.2, 0.25) is 5.52 Å². The molecule has 7 rings (SSSR count). The second-order valence-corrected chi connectivity index (χ2v) is 17.8. The minimum atomic E-state index is -6.13. The van der Waals surface area contributed by atoms with Crippen molar-refractivity contribution in [2.24, 2.45) is 0 Å². The summed E-state index contributed by atoms with van der Waals surface area (Å²) in [6, 6.07) is 11.8. The van der Waals surface area contributed by atoms with E-state index in [1.54, 1.807) is 11.3 Å². The summed E-state index contributed by atoms with van der Waals surface area (Å²) in [5.41, 5.74) is -27.3. The molecule has 1 heterocycles. The van der Waals surface area contributed by atoms with Crippen LogP contribution in [0, 0.1) is 11.3 Å². The number of rotatable bonds is 7. The molecule has 77 heavy (non-hydrogen) atoms. The number of allylic oxidation sites excluding steroid dienone is 1. The standard InChI is InChI=1S/C32H12BF24.C17H13N2S/c34-25(35,36)13-1-14(26(37,38)39)6-21(5-13)33(22-7-15(27(40,41)42)2-16(8-22)28(43,44)45,23-9-17(29(46,47)48)3-18(10-23)30(49,50)51)24-11-19(31(52,53)54)4-20(12-24)32(55,56)57;1-13(11-18)17-19(12-14-7-3-2-4-8-14)15-9-5-6-10-16(15)20-17/h1-12H;2-10H,1,12H2/q-1;+1. The highest BCUT2D eigenvalue weighted by atomic mass is 32.1. The molecule has 0 N–H and O–H groups in total. The van der Waals surface area contributed by atoms with Gasteiger partial charge in [0, 0.05) is 11.6 Å². The molecule has 0 radical (unpaired) electrons. The first-order valence-corrected chi connectivity index (χ1v) is 21.8. The van der Waals surface area contributed by atoms with Crippen molar-refractivity contribution in [3.63, 3.8) is 0 Å². The first-order chi connectivity index (χ1) is 35.1. The van der Waals surface area contributed by atoms with E-state index in [0.717, 1.165) is 17.1 Å². The second-order valence-electron chi connectivity index (χ2n) is 16.8. The second kappa shape index (κ2) is 20.3. The SMILES string of the molecule is C=C(C#N)c1sc2ccccc2[n+]1Cc1ccccc1.FC(F)(F)c1cc([B-](c2cc(C(F)(F)F)cc(C(F)(F)F)c2)(c2cc(C(F)(F)F)cc(C(F)(F)F)c2)c2cc(C(F)(F)F)cc(C(F)(F)F)c2)cc(C(F)(F)F)c1. The third-order valence-electron chi connectivity index (χ3n) is 11.6. The summed E-state index contributed by atoms with van der Waals surface area (Å²) in [7, 11) is 0. The van der Waals surface area contributed by atoms with Crippen LogP contribution in [0.5, 0.6) is 0 Å². The molecule has 0 amide bonds. The van der Waals surface area contributed by atoms with E-state index < -0.39 is 195 Å². The molecule has 0 fully saturated rings. The highest BCUT2D eigenvalue weighted by molar-refractivity contribution is 7.20. The van der Waals surface area contributed by atoms with Gasteiger partial charge in [0.15, 0.2) is 6.54 Å². The summed E-state index contributed by atoms with van der Waals surface area (Å²) in [5, 5.41) is 10.1. The van der Waals surface area contributed by atoms with Crippen LogP contribution >= 0.6 is 11.3 Å². The topological polar surface area (TPSA) is 27.7 Å². The van der Waals surface area contributed by atoms with Gasteiger partial charge in [0.25, 0.3) is 5.01 Å². The number of hydrogen-bond donors (Lipinski definition) is 0. The summed E-state index contributed by atoms with van der Waals surface area (Å²) in [6.45, 7) is 4.62. The van der Waals surface area contributed by atoms with Gasteiger partial charge < -0.3 is 0 Å². The molecule has 2 nitrogen and oxygen atoms in total. The van der Waals surface area contributed by atoms with Gasteiger partial charge in [-0.25, -0.2) is 0 Å². The number of alkyl halides is 24. The summed E-state index contributed by atoms with van der Waals surface area (Å²) >= 11 is 1.62. The van der Waals surface area contributed by atoms with Crippen LogP contribution in [0.3, 0.4) is 0 Å². The number of hydrogen-bond acceptors (Lipinski definition) is 2. The first kappa shape index (κ1) is 59.1. The van der Waals surface area contributed by atoms with E-state index in [0.29, 0.717) is 5.57 Å². The van der Waals surface area contributed by atoms with E-state index in [1.165, 1.54) is 10.3 Å². The molecular formula is C49H25BF24N2S. The maximum absolute atomic E-state index is 14.2. The zero-order valence-electron chi connectivity index (χ0n) is 37.5. The molecule has 1 aromatic heterocycles. The summed E-state index contributed by atoms with van der Waals surface area (Å²) in [4.78, 5) is 0. The number of halogens is 24. The van der Waals surface area contributed by atoms with Crippen molar-refractivity contribution in [2.45, 2.75) is 56.0 Å². The number of nitrogens with zero attached hydrogens (tertiary/aromatic N) is 2. The van der Waals surface area contributed by atoms with Gasteiger partial charge in [0.05, 0.1) is 44.5 Å². The summed E-state index contributed by atoms with van der Waals surface area (Å²) in [5.74, 6) is 0. The number of thiazole rings is 1. The molecule has 0 spiro atoms. The minimum absolute atomic E-state index is 0.516. The first-order valence-electron chi connectivity index (χ1n) is 21.0. The van der Waals surface area contributed by atoms with E-state index in [-0.39, 0.29) is 0 Å². The number of benzene rings is 6. The number of nitriles is 1. The number of fused-ring (bicyclic) bond motifs is 1. The Morgan fingerprint density at radius 1 is 0.403 bits per heavy atom. The van der Waals surface area contributed by atoms with Crippen molar-refractivity contribution in [1.82, 2.24) is 0 Å². The van der Waals surface area contributed by atoms with Crippen molar-refractivity contribution in [2.75, 3.05) is 0 Å². The van der Waals surface area contributed by atoms with Crippen LogP contribution in [0.2, 0.25) is 0 Å². The van der Waals surface area contributed by atoms with Gasteiger partial charge in [-0.3, -0.25) is 0 Å². The quantitative estimate of drug-likeness (QED) is 0.0676. The molecule has 28 heteroatoms. The number of aromatic nitrogens is 1. The van der Waals surface area contributed by atoms with Crippen molar-refractivity contribution < 1.29 is 110 Å². The molecule has 7 aromatic rings. The molecule has 0 aliphatic carbocycles. The van der Waals surface area contributed by atoms with Crippen LogP contribution < -0.4 is 26.4 Å². The van der Waals surface area contributed by atoms with Gasteiger partial charge in [-0.15, -0.1) is 0 Å². The smallest absolute Gasteiger partial charge is 0.194 e. The van der Waals surface area contributed by atoms with E-state index in [1.807, 2.05) is 30.3 Å². The van der Waals surface area contributed by atoms with E-state index in [9.17, 15) is 105 Å². The highest BCUT2D eigenvalue weighted by Gasteiger charge is 2.47. The molecular weight excluding hydrogens is 1120 g/mol. The maximum Gasteiger partial charge on any atom is 0.416 e.